The maximum absolute atomic E-state index is 6.03. The van der Waals surface area contributed by atoms with Crippen LogP contribution in [0.25, 0.3) is 0 Å². The van der Waals surface area contributed by atoms with Crippen LogP contribution in [0.5, 0.6) is 0 Å². The smallest absolute Gasteiger partial charge is 0.102 e. The summed E-state index contributed by atoms with van der Waals surface area (Å²) < 4.78 is 10.9. The molecule has 0 radical (unpaired) electrons. The molecule has 0 amide bonds. The molecule has 2 N–H and O–H groups in total. The van der Waals surface area contributed by atoms with Crippen LogP contribution in [0.3, 0.4) is 0 Å². The number of hydrogen-bond acceptors (Lipinski definition) is 4. The molecule has 3 unspecified atom stereocenters. The summed E-state index contributed by atoms with van der Waals surface area (Å²) in [5.74, 6) is 0. The van der Waals surface area contributed by atoms with Crippen molar-refractivity contribution in [2.45, 2.75) is 25.2 Å². The predicted molar refractivity (Wildman–Crippen MR) is 72.9 cm³/mol. The summed E-state index contributed by atoms with van der Waals surface area (Å²) in [6, 6.07) is 8.30. The molecule has 18 heavy (non-hydrogen) atoms. The fourth-order valence-electron chi connectivity index (χ4n) is 2.55. The van der Waals surface area contributed by atoms with E-state index in [-0.39, 0.29) is 18.2 Å². The van der Waals surface area contributed by atoms with Crippen LogP contribution in [0.1, 0.15) is 18.5 Å². The molecule has 1 fully saturated rings. The maximum Gasteiger partial charge on any atom is 0.102 e. The van der Waals surface area contributed by atoms with Crippen LogP contribution in [0.2, 0.25) is 0 Å². The fourth-order valence-corrected chi connectivity index (χ4v) is 2.55. The summed E-state index contributed by atoms with van der Waals surface area (Å²) in [5.41, 5.74) is 8.39. The van der Waals surface area contributed by atoms with Gasteiger partial charge in [0.1, 0.15) is 12.2 Å². The second-order valence-corrected chi connectivity index (χ2v) is 4.80. The Kier molecular flexibility index (Phi) is 4.22. The Bertz CT molecular complexity index is 383. The second kappa shape index (κ2) is 5.69. The molecule has 1 aliphatic rings. The SMILES string of the molecule is COC1CN(c2ccccc2C(C)N)CC1OC. The van der Waals surface area contributed by atoms with Gasteiger partial charge in [0.15, 0.2) is 0 Å². The van der Waals surface area contributed by atoms with Crippen LogP contribution in [0.15, 0.2) is 24.3 Å². The number of nitrogens with zero attached hydrogens (tertiary/aromatic N) is 1. The molecule has 0 aliphatic carbocycles. The van der Waals surface area contributed by atoms with Gasteiger partial charge in [0.25, 0.3) is 0 Å². The van der Waals surface area contributed by atoms with Crippen molar-refractivity contribution in [1.82, 2.24) is 0 Å². The molecular formula is C14H22N2O2. The third-order valence-corrected chi connectivity index (χ3v) is 3.59. The molecular weight excluding hydrogens is 228 g/mol. The molecule has 2 rings (SSSR count). The van der Waals surface area contributed by atoms with E-state index in [2.05, 4.69) is 17.0 Å². The zero-order chi connectivity index (χ0) is 13.1. The Morgan fingerprint density at radius 2 is 1.72 bits per heavy atom. The van der Waals surface area contributed by atoms with E-state index in [4.69, 9.17) is 15.2 Å². The van der Waals surface area contributed by atoms with Crippen LogP contribution >= 0.6 is 0 Å². The van der Waals surface area contributed by atoms with Gasteiger partial charge in [-0.1, -0.05) is 18.2 Å². The van der Waals surface area contributed by atoms with Gasteiger partial charge < -0.3 is 20.1 Å². The number of rotatable bonds is 4. The number of para-hydroxylation sites is 1. The lowest BCUT2D eigenvalue weighted by atomic mass is 10.1. The number of methoxy groups -OCH3 is 2. The third kappa shape index (κ3) is 2.51. The van der Waals surface area contributed by atoms with Crippen molar-refractivity contribution < 1.29 is 9.47 Å². The summed E-state index contributed by atoms with van der Waals surface area (Å²) in [6.07, 6.45) is 0.243. The number of hydrogen-bond donors (Lipinski definition) is 1. The van der Waals surface area contributed by atoms with Gasteiger partial charge in [-0.05, 0) is 18.6 Å². The van der Waals surface area contributed by atoms with Crippen molar-refractivity contribution >= 4 is 5.69 Å². The van der Waals surface area contributed by atoms with Gasteiger partial charge in [-0.2, -0.15) is 0 Å². The lowest BCUT2D eigenvalue weighted by Crippen LogP contribution is -2.27. The minimum Gasteiger partial charge on any atom is -0.377 e. The van der Waals surface area contributed by atoms with E-state index in [1.165, 1.54) is 11.3 Å². The van der Waals surface area contributed by atoms with E-state index in [9.17, 15) is 0 Å². The lowest BCUT2D eigenvalue weighted by Gasteiger charge is -2.23. The normalized spacial score (nSPS) is 25.4. The molecule has 4 nitrogen and oxygen atoms in total. The van der Waals surface area contributed by atoms with Crippen LogP contribution in [-0.4, -0.2) is 39.5 Å². The molecule has 0 saturated carbocycles. The van der Waals surface area contributed by atoms with E-state index in [1.54, 1.807) is 14.2 Å². The summed E-state index contributed by atoms with van der Waals surface area (Å²) in [6.45, 7) is 3.70. The zero-order valence-corrected chi connectivity index (χ0v) is 11.3. The van der Waals surface area contributed by atoms with Crippen LogP contribution in [-0.2, 0) is 9.47 Å². The van der Waals surface area contributed by atoms with Crippen molar-refractivity contribution in [3.05, 3.63) is 29.8 Å². The average molecular weight is 250 g/mol. The van der Waals surface area contributed by atoms with Crippen LogP contribution in [0, 0.1) is 0 Å². The highest BCUT2D eigenvalue weighted by molar-refractivity contribution is 5.56. The lowest BCUT2D eigenvalue weighted by molar-refractivity contribution is -0.00461. The highest BCUT2D eigenvalue weighted by atomic mass is 16.5. The summed E-state index contributed by atoms with van der Waals surface area (Å²) >= 11 is 0. The first-order valence-corrected chi connectivity index (χ1v) is 6.32. The number of nitrogens with two attached hydrogens (primary N) is 1. The quantitative estimate of drug-likeness (QED) is 0.881. The largest absolute Gasteiger partial charge is 0.377 e. The molecule has 0 bridgehead atoms. The molecule has 1 heterocycles. The topological polar surface area (TPSA) is 47.7 Å². The molecule has 0 spiro atoms. The minimum atomic E-state index is 0.0313. The summed E-state index contributed by atoms with van der Waals surface area (Å²) in [7, 11) is 3.47. The van der Waals surface area contributed by atoms with E-state index in [0.717, 1.165) is 13.1 Å². The fraction of sp³-hybridized carbons (Fsp3) is 0.571. The maximum atomic E-state index is 6.03. The first-order chi connectivity index (χ1) is 8.67. The van der Waals surface area contributed by atoms with E-state index >= 15 is 0 Å². The van der Waals surface area contributed by atoms with E-state index < -0.39 is 0 Å². The summed E-state index contributed by atoms with van der Waals surface area (Å²) in [5, 5.41) is 0. The highest BCUT2D eigenvalue weighted by Gasteiger charge is 2.33. The molecule has 1 aliphatic heterocycles. The third-order valence-electron chi connectivity index (χ3n) is 3.59. The van der Waals surface area contributed by atoms with Gasteiger partial charge in [-0.25, -0.2) is 0 Å². The zero-order valence-electron chi connectivity index (χ0n) is 11.3. The van der Waals surface area contributed by atoms with Gasteiger partial charge in [0.2, 0.25) is 0 Å². The summed E-state index contributed by atoms with van der Waals surface area (Å²) in [4.78, 5) is 2.29. The Labute approximate surface area is 109 Å². The van der Waals surface area contributed by atoms with Crippen molar-refractivity contribution in [2.75, 3.05) is 32.2 Å². The van der Waals surface area contributed by atoms with Gasteiger partial charge in [0.05, 0.1) is 0 Å². The molecule has 1 aromatic carbocycles. The van der Waals surface area contributed by atoms with Crippen LogP contribution < -0.4 is 10.6 Å². The Morgan fingerprint density at radius 1 is 1.17 bits per heavy atom. The van der Waals surface area contributed by atoms with E-state index in [0.29, 0.717) is 0 Å². The first-order valence-electron chi connectivity index (χ1n) is 6.32. The number of anilines is 1. The molecule has 1 aromatic rings. The molecule has 0 aromatic heterocycles. The number of ether oxygens (including phenoxy) is 2. The van der Waals surface area contributed by atoms with Crippen molar-refractivity contribution in [3.8, 4) is 0 Å². The molecule has 1 saturated heterocycles. The Hall–Kier alpha value is -1.10. The minimum absolute atomic E-state index is 0.0313. The average Bonchev–Trinajstić information content (AvgIpc) is 2.81. The van der Waals surface area contributed by atoms with Crippen molar-refractivity contribution in [2.24, 2.45) is 5.73 Å². The predicted octanol–water partition coefficient (Wildman–Crippen LogP) is 1.56. The molecule has 100 valence electrons. The second-order valence-electron chi connectivity index (χ2n) is 4.80. The molecule has 4 heteroatoms. The monoisotopic (exact) mass is 250 g/mol. The van der Waals surface area contributed by atoms with Gasteiger partial charge in [-0.3, -0.25) is 0 Å². The molecule has 3 atom stereocenters. The van der Waals surface area contributed by atoms with Gasteiger partial charge in [-0.15, -0.1) is 0 Å². The Balaban J connectivity index is 2.23. The van der Waals surface area contributed by atoms with Crippen molar-refractivity contribution in [3.63, 3.8) is 0 Å². The van der Waals surface area contributed by atoms with Crippen LogP contribution in [0.4, 0.5) is 5.69 Å². The van der Waals surface area contributed by atoms with Gasteiger partial charge >= 0.3 is 0 Å². The highest BCUT2D eigenvalue weighted by Crippen LogP contribution is 2.29. The van der Waals surface area contributed by atoms with Gasteiger partial charge in [0, 0.05) is 39.0 Å². The van der Waals surface area contributed by atoms with Crippen molar-refractivity contribution in [1.29, 1.82) is 0 Å². The first kappa shape index (κ1) is 13.3. The van der Waals surface area contributed by atoms with E-state index in [1.807, 2.05) is 19.1 Å². The Morgan fingerprint density at radius 3 is 2.22 bits per heavy atom. The number of benzene rings is 1. The standard InChI is InChI=1S/C14H22N2O2/c1-10(15)11-6-4-5-7-12(11)16-8-13(17-2)14(9-16)18-3/h4-7,10,13-14H,8-9,15H2,1-3H3.